The molecule has 0 spiro atoms. The number of carbonyl (C=O) groups excluding carboxylic acids is 2. The van der Waals surface area contributed by atoms with Gasteiger partial charge >= 0.3 is 12.1 Å². The van der Waals surface area contributed by atoms with Crippen molar-refractivity contribution in [1.29, 1.82) is 0 Å². The first kappa shape index (κ1) is 15.8. The van der Waals surface area contributed by atoms with Crippen LogP contribution in [0.2, 0.25) is 0 Å². The van der Waals surface area contributed by atoms with Crippen molar-refractivity contribution in [2.45, 2.75) is 52.3 Å². The highest BCUT2D eigenvalue weighted by Crippen LogP contribution is 2.13. The molecule has 1 fully saturated rings. The van der Waals surface area contributed by atoms with Crippen molar-refractivity contribution in [3.05, 3.63) is 0 Å². The normalized spacial score (nSPS) is 23.9. The lowest BCUT2D eigenvalue weighted by Crippen LogP contribution is -2.60. The number of rotatable bonds is 2. The summed E-state index contributed by atoms with van der Waals surface area (Å²) in [5.41, 5.74) is -0.537. The number of hydrogen-bond acceptors (Lipinski definition) is 5. The molecular weight excluding hydrogens is 248 g/mol. The van der Waals surface area contributed by atoms with E-state index in [1.807, 2.05) is 27.7 Å². The molecule has 0 unspecified atom stereocenters. The predicted molar refractivity (Wildman–Crippen MR) is 70.8 cm³/mol. The Kier molecular flexibility index (Phi) is 5.17. The summed E-state index contributed by atoms with van der Waals surface area (Å²) in [7, 11) is 0. The fourth-order valence-corrected chi connectivity index (χ4v) is 1.94. The maximum absolute atomic E-state index is 12.0. The molecule has 1 N–H and O–H groups in total. The van der Waals surface area contributed by atoms with E-state index in [2.05, 4.69) is 5.32 Å². The Hall–Kier alpha value is -1.30. The Balaban J connectivity index is 2.64. The topological polar surface area (TPSA) is 67.9 Å². The molecule has 19 heavy (non-hydrogen) atoms. The SMILES string of the molecule is CCOC(=O)[C@H]1CN(C(=O)OC(C)(C)C)C[C@@H](C)N1. The van der Waals surface area contributed by atoms with E-state index in [1.54, 1.807) is 11.8 Å². The second-order valence-corrected chi connectivity index (χ2v) is 5.76. The van der Waals surface area contributed by atoms with Crippen molar-refractivity contribution < 1.29 is 19.1 Å². The largest absolute Gasteiger partial charge is 0.465 e. The number of nitrogens with zero attached hydrogens (tertiary/aromatic N) is 1. The molecule has 0 aromatic heterocycles. The molecule has 1 amide bonds. The van der Waals surface area contributed by atoms with E-state index >= 15 is 0 Å². The molecule has 6 nitrogen and oxygen atoms in total. The van der Waals surface area contributed by atoms with Crippen LogP contribution >= 0.6 is 0 Å². The van der Waals surface area contributed by atoms with Crippen LogP contribution in [0.25, 0.3) is 0 Å². The number of nitrogens with one attached hydrogen (secondary N) is 1. The van der Waals surface area contributed by atoms with Crippen molar-refractivity contribution in [3.8, 4) is 0 Å². The lowest BCUT2D eigenvalue weighted by Gasteiger charge is -2.37. The third-order valence-corrected chi connectivity index (χ3v) is 2.61. The summed E-state index contributed by atoms with van der Waals surface area (Å²) in [6, 6.07) is -0.466. The number of esters is 1. The van der Waals surface area contributed by atoms with E-state index < -0.39 is 17.7 Å². The van der Waals surface area contributed by atoms with Crippen molar-refractivity contribution in [2.24, 2.45) is 0 Å². The maximum atomic E-state index is 12.0. The summed E-state index contributed by atoms with van der Waals surface area (Å²) < 4.78 is 10.3. The van der Waals surface area contributed by atoms with Gasteiger partial charge in [0.15, 0.2) is 0 Å². The highest BCUT2D eigenvalue weighted by molar-refractivity contribution is 5.78. The molecule has 6 heteroatoms. The van der Waals surface area contributed by atoms with Gasteiger partial charge in [0.05, 0.1) is 13.2 Å². The number of hydrogen-bond donors (Lipinski definition) is 1. The van der Waals surface area contributed by atoms with E-state index in [0.717, 1.165) is 0 Å². The average molecular weight is 272 g/mol. The van der Waals surface area contributed by atoms with Crippen molar-refractivity contribution in [1.82, 2.24) is 10.2 Å². The van der Waals surface area contributed by atoms with Crippen LogP contribution in [-0.2, 0) is 14.3 Å². The van der Waals surface area contributed by atoms with E-state index in [9.17, 15) is 9.59 Å². The zero-order chi connectivity index (χ0) is 14.6. The predicted octanol–water partition coefficient (Wildman–Crippen LogP) is 1.15. The average Bonchev–Trinajstić information content (AvgIpc) is 2.26. The van der Waals surface area contributed by atoms with Crippen LogP contribution in [0.3, 0.4) is 0 Å². The standard InChI is InChI=1S/C13H24N2O4/c1-6-18-11(16)10-8-15(7-9(2)14-10)12(17)19-13(3,4)5/h9-10,14H,6-8H2,1-5H3/t9-,10-/m1/s1. The Morgan fingerprint density at radius 1 is 1.32 bits per heavy atom. The van der Waals surface area contributed by atoms with Crippen LogP contribution in [0.4, 0.5) is 4.79 Å². The van der Waals surface area contributed by atoms with Gasteiger partial charge in [-0.15, -0.1) is 0 Å². The lowest BCUT2D eigenvalue weighted by atomic mass is 10.1. The fraction of sp³-hybridized carbons (Fsp3) is 0.846. The van der Waals surface area contributed by atoms with Gasteiger partial charge in [0.2, 0.25) is 0 Å². The molecule has 0 radical (unpaired) electrons. The molecule has 2 atom stereocenters. The van der Waals surface area contributed by atoms with Crippen LogP contribution < -0.4 is 5.32 Å². The molecule has 1 heterocycles. The van der Waals surface area contributed by atoms with Crippen molar-refractivity contribution in [2.75, 3.05) is 19.7 Å². The number of ether oxygens (including phenoxy) is 2. The number of carbonyl (C=O) groups is 2. The molecule has 0 aromatic rings. The quantitative estimate of drug-likeness (QED) is 0.764. The third kappa shape index (κ3) is 5.06. The summed E-state index contributed by atoms with van der Waals surface area (Å²) >= 11 is 0. The Morgan fingerprint density at radius 2 is 1.95 bits per heavy atom. The van der Waals surface area contributed by atoms with E-state index in [4.69, 9.17) is 9.47 Å². The smallest absolute Gasteiger partial charge is 0.410 e. The summed E-state index contributed by atoms with van der Waals surface area (Å²) in [6.07, 6.45) is -0.393. The molecule has 0 bridgehead atoms. The minimum Gasteiger partial charge on any atom is -0.465 e. The van der Waals surface area contributed by atoms with E-state index in [-0.39, 0.29) is 18.6 Å². The Labute approximate surface area is 114 Å². The minimum absolute atomic E-state index is 0.0238. The molecule has 1 saturated heterocycles. The van der Waals surface area contributed by atoms with Gasteiger partial charge in [-0.2, -0.15) is 0 Å². The van der Waals surface area contributed by atoms with Crippen LogP contribution in [-0.4, -0.2) is 54.3 Å². The Bertz CT molecular complexity index is 338. The molecule has 0 saturated carbocycles. The van der Waals surface area contributed by atoms with Gasteiger partial charge < -0.3 is 14.4 Å². The minimum atomic E-state index is -0.537. The zero-order valence-corrected chi connectivity index (χ0v) is 12.4. The molecule has 110 valence electrons. The van der Waals surface area contributed by atoms with Crippen LogP contribution in [0.15, 0.2) is 0 Å². The summed E-state index contributed by atoms with van der Waals surface area (Å²) in [6.45, 7) is 10.3. The van der Waals surface area contributed by atoms with Crippen LogP contribution in [0.5, 0.6) is 0 Å². The van der Waals surface area contributed by atoms with Crippen LogP contribution in [0, 0.1) is 0 Å². The summed E-state index contributed by atoms with van der Waals surface area (Å²) in [5, 5.41) is 3.12. The third-order valence-electron chi connectivity index (χ3n) is 2.61. The van der Waals surface area contributed by atoms with Crippen molar-refractivity contribution >= 4 is 12.1 Å². The van der Waals surface area contributed by atoms with Gasteiger partial charge in [-0.3, -0.25) is 10.1 Å². The molecular formula is C13H24N2O4. The second-order valence-electron chi connectivity index (χ2n) is 5.76. The van der Waals surface area contributed by atoms with Gasteiger partial charge in [0.25, 0.3) is 0 Å². The molecule has 1 aliphatic rings. The molecule has 1 aliphatic heterocycles. The highest BCUT2D eigenvalue weighted by atomic mass is 16.6. The number of piperazine rings is 1. The molecule has 0 aliphatic carbocycles. The van der Waals surface area contributed by atoms with E-state index in [0.29, 0.717) is 13.2 Å². The fourth-order valence-electron chi connectivity index (χ4n) is 1.94. The second kappa shape index (κ2) is 6.23. The first-order chi connectivity index (χ1) is 8.73. The lowest BCUT2D eigenvalue weighted by molar-refractivity contribution is -0.147. The maximum Gasteiger partial charge on any atom is 0.410 e. The van der Waals surface area contributed by atoms with Gasteiger partial charge in [0, 0.05) is 12.6 Å². The molecule has 1 rings (SSSR count). The highest BCUT2D eigenvalue weighted by Gasteiger charge is 2.34. The van der Waals surface area contributed by atoms with Crippen molar-refractivity contribution in [3.63, 3.8) is 0 Å². The van der Waals surface area contributed by atoms with E-state index in [1.165, 1.54) is 0 Å². The first-order valence-electron chi connectivity index (χ1n) is 6.63. The summed E-state index contributed by atoms with van der Waals surface area (Å²) in [5.74, 6) is -0.331. The summed E-state index contributed by atoms with van der Waals surface area (Å²) in [4.78, 5) is 25.3. The number of amides is 1. The zero-order valence-electron chi connectivity index (χ0n) is 12.4. The van der Waals surface area contributed by atoms with Gasteiger partial charge in [-0.1, -0.05) is 0 Å². The molecule has 0 aromatic carbocycles. The first-order valence-corrected chi connectivity index (χ1v) is 6.63. The Morgan fingerprint density at radius 3 is 2.47 bits per heavy atom. The van der Waals surface area contributed by atoms with Gasteiger partial charge in [-0.25, -0.2) is 4.79 Å². The monoisotopic (exact) mass is 272 g/mol. The van der Waals surface area contributed by atoms with Gasteiger partial charge in [0.1, 0.15) is 11.6 Å². The van der Waals surface area contributed by atoms with Crippen LogP contribution in [0.1, 0.15) is 34.6 Å². The van der Waals surface area contributed by atoms with Gasteiger partial charge in [-0.05, 0) is 34.6 Å².